The van der Waals surface area contributed by atoms with Crippen LogP contribution in [0, 0.1) is 11.6 Å². The number of rotatable bonds is 4. The van der Waals surface area contributed by atoms with Crippen LogP contribution in [0.25, 0.3) is 0 Å². The molecule has 138 valence electrons. The standard InChI is InChI=1S/C18H24F2N2O3/c19-13-3-4-15(14(20)12-13)21-17(24)5-8-22-9-6-18(7-10-22)16(23)2-1-11-25-18/h3-4,12,16,23H,1-2,5-11H2,(H,21,24)/t16-/m0/s1. The summed E-state index contributed by atoms with van der Waals surface area (Å²) in [7, 11) is 0. The van der Waals surface area contributed by atoms with Crippen molar-refractivity contribution in [3.63, 3.8) is 0 Å². The topological polar surface area (TPSA) is 61.8 Å². The van der Waals surface area contributed by atoms with Crippen molar-refractivity contribution in [3.05, 3.63) is 29.8 Å². The SMILES string of the molecule is O=C(CCN1CCC2(CC1)OCCC[C@@H]2O)Nc1ccc(F)cc1F. The first kappa shape index (κ1) is 18.2. The number of aliphatic hydroxyl groups is 1. The molecule has 2 heterocycles. The molecule has 1 aromatic rings. The van der Waals surface area contributed by atoms with Crippen LogP contribution < -0.4 is 5.32 Å². The molecule has 2 N–H and O–H groups in total. The number of anilines is 1. The van der Waals surface area contributed by atoms with Crippen molar-refractivity contribution in [2.45, 2.75) is 43.8 Å². The number of carbonyl (C=O) groups is 1. The number of piperidine rings is 1. The number of hydrogen-bond acceptors (Lipinski definition) is 4. The number of nitrogens with one attached hydrogen (secondary N) is 1. The number of likely N-dealkylation sites (tertiary alicyclic amines) is 1. The van der Waals surface area contributed by atoms with Crippen molar-refractivity contribution in [2.24, 2.45) is 0 Å². The molecule has 2 aliphatic heterocycles. The molecule has 1 amide bonds. The van der Waals surface area contributed by atoms with E-state index in [1.54, 1.807) is 0 Å². The molecule has 0 saturated carbocycles. The average Bonchev–Trinajstić information content (AvgIpc) is 2.60. The minimum atomic E-state index is -0.781. The van der Waals surface area contributed by atoms with Crippen LogP contribution in [0.5, 0.6) is 0 Å². The lowest BCUT2D eigenvalue weighted by Crippen LogP contribution is -2.55. The zero-order valence-electron chi connectivity index (χ0n) is 14.1. The van der Waals surface area contributed by atoms with Gasteiger partial charge >= 0.3 is 0 Å². The fourth-order valence-corrected chi connectivity index (χ4v) is 3.61. The molecule has 2 aliphatic rings. The molecular weight excluding hydrogens is 330 g/mol. The number of hydrogen-bond donors (Lipinski definition) is 2. The van der Waals surface area contributed by atoms with Crippen LogP contribution in [0.4, 0.5) is 14.5 Å². The van der Waals surface area contributed by atoms with Crippen molar-refractivity contribution < 1.29 is 23.4 Å². The monoisotopic (exact) mass is 354 g/mol. The Morgan fingerprint density at radius 2 is 2.12 bits per heavy atom. The van der Waals surface area contributed by atoms with Gasteiger partial charge in [-0.05, 0) is 37.8 Å². The van der Waals surface area contributed by atoms with Gasteiger partial charge in [-0.25, -0.2) is 8.78 Å². The molecule has 0 aliphatic carbocycles. The van der Waals surface area contributed by atoms with Gasteiger partial charge in [-0.2, -0.15) is 0 Å². The van der Waals surface area contributed by atoms with E-state index in [0.717, 1.165) is 50.9 Å². The van der Waals surface area contributed by atoms with E-state index < -0.39 is 23.3 Å². The molecule has 0 unspecified atom stereocenters. The van der Waals surface area contributed by atoms with Crippen molar-refractivity contribution in [2.75, 3.05) is 31.6 Å². The molecule has 1 atom stereocenters. The Balaban J connectivity index is 1.44. The fourth-order valence-electron chi connectivity index (χ4n) is 3.61. The third-order valence-electron chi connectivity index (χ3n) is 5.18. The number of benzene rings is 1. The van der Waals surface area contributed by atoms with E-state index in [-0.39, 0.29) is 18.0 Å². The van der Waals surface area contributed by atoms with Crippen LogP contribution in [0.15, 0.2) is 18.2 Å². The van der Waals surface area contributed by atoms with Gasteiger partial charge in [-0.3, -0.25) is 4.79 Å². The van der Waals surface area contributed by atoms with E-state index >= 15 is 0 Å². The van der Waals surface area contributed by atoms with Gasteiger partial charge in [0, 0.05) is 38.7 Å². The minimum Gasteiger partial charge on any atom is -0.390 e. The second-order valence-corrected chi connectivity index (χ2v) is 6.84. The maximum absolute atomic E-state index is 13.5. The largest absolute Gasteiger partial charge is 0.390 e. The first-order valence-corrected chi connectivity index (χ1v) is 8.78. The van der Waals surface area contributed by atoms with Crippen LogP contribution in [-0.2, 0) is 9.53 Å². The third kappa shape index (κ3) is 4.34. The smallest absolute Gasteiger partial charge is 0.225 e. The van der Waals surface area contributed by atoms with Crippen molar-refractivity contribution in [1.29, 1.82) is 0 Å². The summed E-state index contributed by atoms with van der Waals surface area (Å²) in [5.41, 5.74) is -0.434. The predicted octanol–water partition coefficient (Wildman–Crippen LogP) is 2.30. The van der Waals surface area contributed by atoms with Crippen LogP contribution >= 0.6 is 0 Å². The van der Waals surface area contributed by atoms with Crippen LogP contribution in [0.1, 0.15) is 32.1 Å². The summed E-state index contributed by atoms with van der Waals surface area (Å²) in [6, 6.07) is 3.07. The van der Waals surface area contributed by atoms with Crippen LogP contribution in [-0.4, -0.2) is 53.9 Å². The van der Waals surface area contributed by atoms with Gasteiger partial charge < -0.3 is 20.1 Å². The number of halogens is 2. The second-order valence-electron chi connectivity index (χ2n) is 6.84. The molecule has 1 spiro atoms. The van der Waals surface area contributed by atoms with Gasteiger partial charge in [0.1, 0.15) is 11.6 Å². The first-order chi connectivity index (χ1) is 12.0. The first-order valence-electron chi connectivity index (χ1n) is 8.78. The third-order valence-corrected chi connectivity index (χ3v) is 5.18. The van der Waals surface area contributed by atoms with Crippen molar-refractivity contribution >= 4 is 11.6 Å². The molecule has 5 nitrogen and oxygen atoms in total. The van der Waals surface area contributed by atoms with Gasteiger partial charge in [-0.15, -0.1) is 0 Å². The minimum absolute atomic E-state index is 0.0114. The molecule has 7 heteroatoms. The molecule has 25 heavy (non-hydrogen) atoms. The molecule has 0 aromatic heterocycles. The van der Waals surface area contributed by atoms with Crippen LogP contribution in [0.2, 0.25) is 0 Å². The lowest BCUT2D eigenvalue weighted by Gasteiger charge is -2.46. The highest BCUT2D eigenvalue weighted by Crippen LogP contribution is 2.35. The summed E-state index contributed by atoms with van der Waals surface area (Å²) < 4.78 is 32.3. The quantitative estimate of drug-likeness (QED) is 0.871. The van der Waals surface area contributed by atoms with Gasteiger partial charge in [0.2, 0.25) is 5.91 Å². The lowest BCUT2D eigenvalue weighted by atomic mass is 9.82. The van der Waals surface area contributed by atoms with E-state index in [0.29, 0.717) is 13.2 Å². The number of nitrogens with zero attached hydrogens (tertiary/aromatic N) is 1. The number of ether oxygens (including phenoxy) is 1. The second kappa shape index (κ2) is 7.76. The van der Waals surface area contributed by atoms with Gasteiger partial charge in [0.25, 0.3) is 0 Å². The zero-order chi connectivity index (χ0) is 17.9. The summed E-state index contributed by atoms with van der Waals surface area (Å²) >= 11 is 0. The molecule has 3 rings (SSSR count). The maximum atomic E-state index is 13.5. The Morgan fingerprint density at radius 1 is 1.36 bits per heavy atom. The summed E-state index contributed by atoms with van der Waals surface area (Å²) in [6.45, 7) is 2.77. The lowest BCUT2D eigenvalue weighted by molar-refractivity contribution is -0.176. The van der Waals surface area contributed by atoms with Crippen molar-refractivity contribution in [3.8, 4) is 0 Å². The average molecular weight is 354 g/mol. The molecule has 0 radical (unpaired) electrons. The van der Waals surface area contributed by atoms with E-state index in [4.69, 9.17) is 4.74 Å². The van der Waals surface area contributed by atoms with E-state index in [1.807, 2.05) is 0 Å². The predicted molar refractivity (Wildman–Crippen MR) is 89.2 cm³/mol. The van der Waals surface area contributed by atoms with Crippen molar-refractivity contribution in [1.82, 2.24) is 4.90 Å². The Morgan fingerprint density at radius 3 is 2.80 bits per heavy atom. The Kier molecular flexibility index (Phi) is 5.66. The normalized spacial score (nSPS) is 23.6. The summed E-state index contributed by atoms with van der Waals surface area (Å²) in [5, 5.41) is 12.7. The van der Waals surface area contributed by atoms with E-state index in [1.165, 1.54) is 6.07 Å². The number of aliphatic hydroxyl groups excluding tert-OH is 1. The Labute approximate surface area is 146 Å². The highest BCUT2D eigenvalue weighted by Gasteiger charge is 2.43. The summed E-state index contributed by atoms with van der Waals surface area (Å²) in [6.07, 6.45) is 3.00. The molecular formula is C18H24F2N2O3. The van der Waals surface area contributed by atoms with Gasteiger partial charge in [-0.1, -0.05) is 0 Å². The maximum Gasteiger partial charge on any atom is 0.225 e. The molecule has 2 saturated heterocycles. The van der Waals surface area contributed by atoms with Gasteiger partial charge in [0.15, 0.2) is 0 Å². The zero-order valence-corrected chi connectivity index (χ0v) is 14.1. The Bertz CT molecular complexity index is 618. The number of amides is 1. The van der Waals surface area contributed by atoms with E-state index in [9.17, 15) is 18.7 Å². The van der Waals surface area contributed by atoms with E-state index in [2.05, 4.69) is 10.2 Å². The molecule has 1 aromatic carbocycles. The highest BCUT2D eigenvalue weighted by molar-refractivity contribution is 5.90. The summed E-state index contributed by atoms with van der Waals surface area (Å²) in [4.78, 5) is 14.1. The summed E-state index contributed by atoms with van der Waals surface area (Å²) in [5.74, 6) is -1.76. The van der Waals surface area contributed by atoms with Crippen LogP contribution in [0.3, 0.4) is 0 Å². The molecule has 2 fully saturated rings. The number of carbonyl (C=O) groups excluding carboxylic acids is 1. The fraction of sp³-hybridized carbons (Fsp3) is 0.611. The highest BCUT2D eigenvalue weighted by atomic mass is 19.1. The van der Waals surface area contributed by atoms with Gasteiger partial charge in [0.05, 0.1) is 17.4 Å². The molecule has 0 bridgehead atoms. The Hall–Kier alpha value is -1.57.